The standard InChI is InChI=1S/C16H19NO2S/c1-3-7-12(2)15-17-14(11-20-15)16(18)19-10-13-8-5-4-6-9-13/h4-6,8-9,11-12H,3,7,10H2,1-2H3. The van der Waals surface area contributed by atoms with Gasteiger partial charge < -0.3 is 4.74 Å². The molecule has 0 bridgehead atoms. The van der Waals surface area contributed by atoms with Crippen LogP contribution in [-0.2, 0) is 11.3 Å². The number of aromatic nitrogens is 1. The van der Waals surface area contributed by atoms with Crippen LogP contribution in [0.5, 0.6) is 0 Å². The molecule has 1 aromatic carbocycles. The van der Waals surface area contributed by atoms with Gasteiger partial charge in [0.2, 0.25) is 0 Å². The maximum atomic E-state index is 11.9. The largest absolute Gasteiger partial charge is 0.456 e. The molecular formula is C16H19NO2S. The lowest BCUT2D eigenvalue weighted by Crippen LogP contribution is -2.06. The number of thiazole rings is 1. The Balaban J connectivity index is 1.93. The fraction of sp³-hybridized carbons (Fsp3) is 0.375. The Bertz CT molecular complexity index is 551. The number of esters is 1. The first-order valence-electron chi connectivity index (χ1n) is 6.87. The van der Waals surface area contributed by atoms with Crippen molar-refractivity contribution in [2.75, 3.05) is 0 Å². The summed E-state index contributed by atoms with van der Waals surface area (Å²) in [6.45, 7) is 4.58. The molecule has 3 nitrogen and oxygen atoms in total. The van der Waals surface area contributed by atoms with E-state index in [-0.39, 0.29) is 12.6 Å². The molecule has 0 aliphatic heterocycles. The van der Waals surface area contributed by atoms with Crippen molar-refractivity contribution in [1.29, 1.82) is 0 Å². The zero-order valence-electron chi connectivity index (χ0n) is 11.8. The quantitative estimate of drug-likeness (QED) is 0.740. The van der Waals surface area contributed by atoms with Crippen LogP contribution in [0.15, 0.2) is 35.7 Å². The maximum Gasteiger partial charge on any atom is 0.358 e. The number of carbonyl (C=O) groups excluding carboxylic acids is 1. The molecule has 0 N–H and O–H groups in total. The van der Waals surface area contributed by atoms with E-state index >= 15 is 0 Å². The van der Waals surface area contributed by atoms with Crippen molar-refractivity contribution in [3.63, 3.8) is 0 Å². The van der Waals surface area contributed by atoms with E-state index in [2.05, 4.69) is 18.8 Å². The summed E-state index contributed by atoms with van der Waals surface area (Å²) in [7, 11) is 0. The number of hydrogen-bond acceptors (Lipinski definition) is 4. The van der Waals surface area contributed by atoms with Gasteiger partial charge in [-0.2, -0.15) is 0 Å². The molecule has 0 amide bonds. The molecule has 0 aliphatic carbocycles. The molecular weight excluding hydrogens is 270 g/mol. The Labute approximate surface area is 123 Å². The van der Waals surface area contributed by atoms with E-state index in [9.17, 15) is 4.79 Å². The third-order valence-electron chi connectivity index (χ3n) is 3.09. The Hall–Kier alpha value is -1.68. The third-order valence-corrected chi connectivity index (χ3v) is 4.16. The van der Waals surface area contributed by atoms with Crippen LogP contribution in [0, 0.1) is 0 Å². The van der Waals surface area contributed by atoms with Crippen LogP contribution in [-0.4, -0.2) is 11.0 Å². The molecule has 1 unspecified atom stereocenters. The second kappa shape index (κ2) is 7.20. The predicted octanol–water partition coefficient (Wildman–Crippen LogP) is 4.40. The fourth-order valence-electron chi connectivity index (χ4n) is 1.96. The van der Waals surface area contributed by atoms with Crippen LogP contribution in [0.3, 0.4) is 0 Å². The minimum Gasteiger partial charge on any atom is -0.456 e. The zero-order valence-corrected chi connectivity index (χ0v) is 12.7. The zero-order chi connectivity index (χ0) is 14.4. The third kappa shape index (κ3) is 3.90. The average Bonchev–Trinajstić information content (AvgIpc) is 2.96. The molecule has 2 aromatic rings. The molecule has 0 spiro atoms. The highest BCUT2D eigenvalue weighted by Gasteiger charge is 2.15. The number of carbonyl (C=O) groups is 1. The van der Waals surface area contributed by atoms with E-state index < -0.39 is 0 Å². The van der Waals surface area contributed by atoms with Crippen molar-refractivity contribution in [3.05, 3.63) is 52.0 Å². The van der Waals surface area contributed by atoms with E-state index in [4.69, 9.17) is 4.74 Å². The van der Waals surface area contributed by atoms with Crippen molar-refractivity contribution in [2.45, 2.75) is 39.2 Å². The van der Waals surface area contributed by atoms with Gasteiger partial charge in [-0.3, -0.25) is 0 Å². The van der Waals surface area contributed by atoms with Crippen molar-refractivity contribution in [3.8, 4) is 0 Å². The Morgan fingerprint density at radius 1 is 1.35 bits per heavy atom. The summed E-state index contributed by atoms with van der Waals surface area (Å²) in [6.07, 6.45) is 2.21. The van der Waals surface area contributed by atoms with Crippen LogP contribution >= 0.6 is 11.3 Å². The first-order valence-corrected chi connectivity index (χ1v) is 7.75. The smallest absolute Gasteiger partial charge is 0.358 e. The van der Waals surface area contributed by atoms with E-state index in [1.54, 1.807) is 5.38 Å². The molecule has 0 aliphatic rings. The van der Waals surface area contributed by atoms with Crippen LogP contribution in [0.25, 0.3) is 0 Å². The second-order valence-electron chi connectivity index (χ2n) is 4.82. The van der Waals surface area contributed by atoms with Gasteiger partial charge in [0.1, 0.15) is 6.61 Å². The topological polar surface area (TPSA) is 39.2 Å². The minimum atomic E-state index is -0.347. The number of hydrogen-bond donors (Lipinski definition) is 0. The molecule has 1 heterocycles. The Kier molecular flexibility index (Phi) is 5.30. The molecule has 1 aromatic heterocycles. The molecule has 0 saturated heterocycles. The van der Waals surface area contributed by atoms with E-state index in [1.165, 1.54) is 11.3 Å². The normalized spacial score (nSPS) is 12.1. The summed E-state index contributed by atoms with van der Waals surface area (Å²) < 4.78 is 5.27. The number of ether oxygens (including phenoxy) is 1. The van der Waals surface area contributed by atoms with E-state index in [1.807, 2.05) is 30.3 Å². The molecule has 1 atom stereocenters. The minimum absolute atomic E-state index is 0.289. The van der Waals surface area contributed by atoms with Crippen LogP contribution in [0.1, 0.15) is 53.7 Å². The average molecular weight is 289 g/mol. The lowest BCUT2D eigenvalue weighted by atomic mass is 10.1. The van der Waals surface area contributed by atoms with Gasteiger partial charge >= 0.3 is 5.97 Å². The van der Waals surface area contributed by atoms with Crippen LogP contribution in [0.4, 0.5) is 0 Å². The SMILES string of the molecule is CCCC(C)c1nc(C(=O)OCc2ccccc2)cs1. The first kappa shape index (κ1) is 14.7. The molecule has 106 valence electrons. The molecule has 20 heavy (non-hydrogen) atoms. The highest BCUT2D eigenvalue weighted by atomic mass is 32.1. The second-order valence-corrected chi connectivity index (χ2v) is 5.71. The number of nitrogens with zero attached hydrogens (tertiary/aromatic N) is 1. The summed E-state index contributed by atoms with van der Waals surface area (Å²) in [5.74, 6) is 0.0562. The monoisotopic (exact) mass is 289 g/mol. The van der Waals surface area contributed by atoms with Gasteiger partial charge in [0.05, 0.1) is 5.01 Å². The summed E-state index contributed by atoms with van der Waals surface area (Å²) >= 11 is 1.54. The van der Waals surface area contributed by atoms with Crippen molar-refractivity contribution in [2.24, 2.45) is 0 Å². The predicted molar refractivity (Wildman–Crippen MR) is 81.0 cm³/mol. The molecule has 0 saturated carbocycles. The molecule has 4 heteroatoms. The van der Waals surface area contributed by atoms with Gasteiger partial charge in [-0.1, -0.05) is 50.6 Å². The van der Waals surface area contributed by atoms with Gasteiger partial charge in [0.25, 0.3) is 0 Å². The lowest BCUT2D eigenvalue weighted by molar-refractivity contribution is 0.0466. The molecule has 2 rings (SSSR count). The summed E-state index contributed by atoms with van der Waals surface area (Å²) in [5, 5.41) is 2.80. The Morgan fingerprint density at radius 2 is 2.10 bits per heavy atom. The number of benzene rings is 1. The highest BCUT2D eigenvalue weighted by Crippen LogP contribution is 2.24. The van der Waals surface area contributed by atoms with Gasteiger partial charge in [0.15, 0.2) is 5.69 Å². The maximum absolute atomic E-state index is 11.9. The van der Waals surface area contributed by atoms with E-state index in [0.717, 1.165) is 23.4 Å². The summed E-state index contributed by atoms with van der Waals surface area (Å²) in [4.78, 5) is 16.3. The van der Waals surface area contributed by atoms with Crippen molar-refractivity contribution in [1.82, 2.24) is 4.98 Å². The molecule has 0 radical (unpaired) electrons. The van der Waals surface area contributed by atoms with Crippen molar-refractivity contribution < 1.29 is 9.53 Å². The summed E-state index contributed by atoms with van der Waals surface area (Å²) in [6, 6.07) is 9.66. The van der Waals surface area contributed by atoms with E-state index in [0.29, 0.717) is 11.6 Å². The first-order chi connectivity index (χ1) is 9.70. The van der Waals surface area contributed by atoms with Gasteiger partial charge in [-0.25, -0.2) is 9.78 Å². The van der Waals surface area contributed by atoms with Crippen LogP contribution in [0.2, 0.25) is 0 Å². The van der Waals surface area contributed by atoms with Gasteiger partial charge in [0, 0.05) is 11.3 Å². The lowest BCUT2D eigenvalue weighted by Gasteiger charge is -2.05. The highest BCUT2D eigenvalue weighted by molar-refractivity contribution is 7.09. The van der Waals surface area contributed by atoms with Crippen molar-refractivity contribution >= 4 is 17.3 Å². The Morgan fingerprint density at radius 3 is 2.80 bits per heavy atom. The molecule has 0 fully saturated rings. The fourth-order valence-corrected chi connectivity index (χ4v) is 2.84. The number of rotatable bonds is 6. The summed E-state index contributed by atoms with van der Waals surface area (Å²) in [5.41, 5.74) is 1.40. The van der Waals surface area contributed by atoms with Gasteiger partial charge in [-0.15, -0.1) is 11.3 Å². The van der Waals surface area contributed by atoms with Crippen LogP contribution < -0.4 is 0 Å². The van der Waals surface area contributed by atoms with Gasteiger partial charge in [-0.05, 0) is 12.0 Å².